The van der Waals surface area contributed by atoms with Crippen molar-refractivity contribution in [3.63, 3.8) is 0 Å². The SMILES string of the molecule is CCOCCCCNc1ccnc(Cl)c1. The summed E-state index contributed by atoms with van der Waals surface area (Å²) in [5.41, 5.74) is 1.02. The zero-order valence-corrected chi connectivity index (χ0v) is 9.76. The number of rotatable bonds is 7. The molecule has 0 aliphatic carbocycles. The molecule has 0 fully saturated rings. The molecule has 0 aromatic carbocycles. The molecule has 1 heterocycles. The zero-order chi connectivity index (χ0) is 10.9. The van der Waals surface area contributed by atoms with Crippen molar-refractivity contribution in [3.8, 4) is 0 Å². The van der Waals surface area contributed by atoms with Crippen LogP contribution >= 0.6 is 11.6 Å². The van der Waals surface area contributed by atoms with Gasteiger partial charge < -0.3 is 10.1 Å². The number of nitrogens with one attached hydrogen (secondary N) is 1. The van der Waals surface area contributed by atoms with Crippen LogP contribution in [0.25, 0.3) is 0 Å². The average molecular weight is 229 g/mol. The molecule has 0 radical (unpaired) electrons. The van der Waals surface area contributed by atoms with E-state index in [4.69, 9.17) is 16.3 Å². The first-order valence-electron chi connectivity index (χ1n) is 5.26. The van der Waals surface area contributed by atoms with Gasteiger partial charge in [0.25, 0.3) is 0 Å². The molecule has 0 saturated heterocycles. The van der Waals surface area contributed by atoms with Gasteiger partial charge in [-0.25, -0.2) is 4.98 Å². The van der Waals surface area contributed by atoms with Gasteiger partial charge in [0.1, 0.15) is 5.15 Å². The van der Waals surface area contributed by atoms with Crippen LogP contribution in [0.2, 0.25) is 5.15 Å². The van der Waals surface area contributed by atoms with Crippen LogP contribution < -0.4 is 5.32 Å². The normalized spacial score (nSPS) is 10.3. The predicted molar refractivity (Wildman–Crippen MR) is 63.5 cm³/mol. The smallest absolute Gasteiger partial charge is 0.131 e. The van der Waals surface area contributed by atoms with E-state index in [1.165, 1.54) is 0 Å². The second-order valence-corrected chi connectivity index (χ2v) is 3.59. The molecule has 0 bridgehead atoms. The molecule has 1 N–H and O–H groups in total. The number of anilines is 1. The highest BCUT2D eigenvalue weighted by Crippen LogP contribution is 2.11. The fourth-order valence-corrected chi connectivity index (χ4v) is 1.39. The lowest BCUT2D eigenvalue weighted by atomic mass is 10.3. The molecule has 1 aromatic heterocycles. The molecule has 84 valence electrons. The van der Waals surface area contributed by atoms with E-state index in [2.05, 4.69) is 10.3 Å². The average Bonchev–Trinajstić information content (AvgIpc) is 2.23. The van der Waals surface area contributed by atoms with Crippen molar-refractivity contribution >= 4 is 17.3 Å². The molecule has 4 heteroatoms. The van der Waals surface area contributed by atoms with Gasteiger partial charge in [0.2, 0.25) is 0 Å². The highest BCUT2D eigenvalue weighted by atomic mass is 35.5. The third-order valence-corrected chi connectivity index (χ3v) is 2.18. The summed E-state index contributed by atoms with van der Waals surface area (Å²) in [5, 5.41) is 3.80. The van der Waals surface area contributed by atoms with Gasteiger partial charge in [-0.05, 0) is 31.9 Å². The summed E-state index contributed by atoms with van der Waals surface area (Å²) >= 11 is 5.76. The first kappa shape index (κ1) is 12.3. The molecule has 0 aliphatic heterocycles. The number of halogens is 1. The van der Waals surface area contributed by atoms with Crippen molar-refractivity contribution in [3.05, 3.63) is 23.5 Å². The fraction of sp³-hybridized carbons (Fsp3) is 0.545. The number of nitrogens with zero attached hydrogens (tertiary/aromatic N) is 1. The highest BCUT2D eigenvalue weighted by molar-refractivity contribution is 6.29. The van der Waals surface area contributed by atoms with Crippen LogP contribution in [-0.4, -0.2) is 24.7 Å². The first-order chi connectivity index (χ1) is 7.33. The van der Waals surface area contributed by atoms with Crippen LogP contribution in [0.3, 0.4) is 0 Å². The summed E-state index contributed by atoms with van der Waals surface area (Å²) in [6.45, 7) is 4.59. The van der Waals surface area contributed by atoms with E-state index in [0.717, 1.165) is 38.3 Å². The summed E-state index contributed by atoms with van der Waals surface area (Å²) in [7, 11) is 0. The van der Waals surface area contributed by atoms with Crippen LogP contribution in [0.5, 0.6) is 0 Å². The topological polar surface area (TPSA) is 34.1 Å². The predicted octanol–water partition coefficient (Wildman–Crippen LogP) is 2.96. The summed E-state index contributed by atoms with van der Waals surface area (Å²) in [6, 6.07) is 3.73. The van der Waals surface area contributed by atoms with E-state index in [0.29, 0.717) is 5.15 Å². The quantitative estimate of drug-likeness (QED) is 0.576. The lowest BCUT2D eigenvalue weighted by Crippen LogP contribution is -2.03. The molecule has 1 aromatic rings. The molecule has 1 rings (SSSR count). The molecule has 3 nitrogen and oxygen atoms in total. The molecule has 15 heavy (non-hydrogen) atoms. The van der Waals surface area contributed by atoms with Gasteiger partial charge >= 0.3 is 0 Å². The number of hydrogen-bond donors (Lipinski definition) is 1. The number of pyridine rings is 1. The Balaban J connectivity index is 2.10. The molecule has 0 aliphatic rings. The number of unbranched alkanes of at least 4 members (excludes halogenated alkanes) is 1. The fourth-order valence-electron chi connectivity index (χ4n) is 1.22. The monoisotopic (exact) mass is 228 g/mol. The Labute approximate surface area is 95.8 Å². The molecular weight excluding hydrogens is 212 g/mol. The van der Waals surface area contributed by atoms with Gasteiger partial charge in [0, 0.05) is 31.6 Å². The van der Waals surface area contributed by atoms with E-state index >= 15 is 0 Å². The number of aromatic nitrogens is 1. The Hall–Kier alpha value is -0.800. The number of ether oxygens (including phenoxy) is 1. The highest BCUT2D eigenvalue weighted by Gasteiger charge is 1.93. The lowest BCUT2D eigenvalue weighted by molar-refractivity contribution is 0.144. The van der Waals surface area contributed by atoms with Crippen molar-refractivity contribution in [2.24, 2.45) is 0 Å². The minimum Gasteiger partial charge on any atom is -0.385 e. The second-order valence-electron chi connectivity index (χ2n) is 3.20. The van der Waals surface area contributed by atoms with E-state index in [9.17, 15) is 0 Å². The summed E-state index contributed by atoms with van der Waals surface area (Å²) in [6.07, 6.45) is 3.88. The van der Waals surface area contributed by atoms with Gasteiger partial charge in [0.05, 0.1) is 0 Å². The minimum atomic E-state index is 0.523. The molecule has 0 amide bonds. The Bertz CT molecular complexity index is 281. The van der Waals surface area contributed by atoms with Crippen molar-refractivity contribution in [1.82, 2.24) is 4.98 Å². The third kappa shape index (κ3) is 5.60. The van der Waals surface area contributed by atoms with Crippen LogP contribution in [0, 0.1) is 0 Å². The molecule has 0 unspecified atom stereocenters. The number of hydrogen-bond acceptors (Lipinski definition) is 3. The van der Waals surface area contributed by atoms with Crippen LogP contribution in [0.1, 0.15) is 19.8 Å². The maximum atomic E-state index is 5.76. The Morgan fingerprint density at radius 3 is 3.07 bits per heavy atom. The maximum absolute atomic E-state index is 5.76. The van der Waals surface area contributed by atoms with Crippen LogP contribution in [0.4, 0.5) is 5.69 Å². The Morgan fingerprint density at radius 2 is 2.33 bits per heavy atom. The Kier molecular flexibility index (Phi) is 6.12. The summed E-state index contributed by atoms with van der Waals surface area (Å²) < 4.78 is 5.25. The van der Waals surface area contributed by atoms with E-state index in [-0.39, 0.29) is 0 Å². The lowest BCUT2D eigenvalue weighted by Gasteiger charge is -2.06. The Morgan fingerprint density at radius 1 is 1.47 bits per heavy atom. The van der Waals surface area contributed by atoms with Crippen LogP contribution in [0.15, 0.2) is 18.3 Å². The third-order valence-electron chi connectivity index (χ3n) is 1.98. The molecule has 0 saturated carbocycles. The minimum absolute atomic E-state index is 0.523. The van der Waals surface area contributed by atoms with Gasteiger partial charge in [-0.15, -0.1) is 0 Å². The van der Waals surface area contributed by atoms with Crippen molar-refractivity contribution in [1.29, 1.82) is 0 Å². The largest absolute Gasteiger partial charge is 0.385 e. The van der Waals surface area contributed by atoms with Crippen molar-refractivity contribution < 1.29 is 4.74 Å². The summed E-state index contributed by atoms with van der Waals surface area (Å²) in [4.78, 5) is 3.91. The first-order valence-corrected chi connectivity index (χ1v) is 5.64. The van der Waals surface area contributed by atoms with Crippen LogP contribution in [-0.2, 0) is 4.74 Å². The van der Waals surface area contributed by atoms with E-state index in [1.54, 1.807) is 6.20 Å². The van der Waals surface area contributed by atoms with E-state index in [1.807, 2.05) is 19.1 Å². The van der Waals surface area contributed by atoms with Gasteiger partial charge in [-0.1, -0.05) is 11.6 Å². The molecule has 0 atom stereocenters. The van der Waals surface area contributed by atoms with Gasteiger partial charge in [0.15, 0.2) is 0 Å². The standard InChI is InChI=1S/C11H17ClN2O/c1-2-15-8-4-3-6-13-10-5-7-14-11(12)9-10/h5,7,9H,2-4,6,8H2,1H3,(H,13,14). The second kappa shape index (κ2) is 7.49. The maximum Gasteiger partial charge on any atom is 0.131 e. The van der Waals surface area contributed by atoms with Gasteiger partial charge in [-0.2, -0.15) is 0 Å². The zero-order valence-electron chi connectivity index (χ0n) is 9.00. The molecular formula is C11H17ClN2O. The van der Waals surface area contributed by atoms with E-state index < -0.39 is 0 Å². The van der Waals surface area contributed by atoms with Crippen molar-refractivity contribution in [2.75, 3.05) is 25.1 Å². The van der Waals surface area contributed by atoms with Crippen molar-refractivity contribution in [2.45, 2.75) is 19.8 Å². The molecule has 0 spiro atoms. The van der Waals surface area contributed by atoms with Gasteiger partial charge in [-0.3, -0.25) is 0 Å². The summed E-state index contributed by atoms with van der Waals surface area (Å²) in [5.74, 6) is 0.